The molecule has 2 amide bonds. The van der Waals surface area contributed by atoms with E-state index in [-0.39, 0.29) is 24.0 Å². The van der Waals surface area contributed by atoms with Gasteiger partial charge in [-0.3, -0.25) is 9.59 Å². The van der Waals surface area contributed by atoms with E-state index in [0.29, 0.717) is 17.5 Å². The number of anilines is 3. The Bertz CT molecular complexity index is 1160. The van der Waals surface area contributed by atoms with Gasteiger partial charge in [-0.2, -0.15) is 0 Å². The number of aromatic nitrogens is 3. The zero-order chi connectivity index (χ0) is 24.6. The molecule has 0 saturated carbocycles. The normalized spacial score (nSPS) is 13.5. The van der Waals surface area contributed by atoms with Crippen LogP contribution in [0.5, 0.6) is 0 Å². The third kappa shape index (κ3) is 6.83. The van der Waals surface area contributed by atoms with Gasteiger partial charge in [-0.1, -0.05) is 23.9 Å². The van der Waals surface area contributed by atoms with Crippen LogP contribution in [0.25, 0.3) is 0 Å². The van der Waals surface area contributed by atoms with Crippen LogP contribution in [0.4, 0.5) is 17.1 Å². The fourth-order valence-corrected chi connectivity index (χ4v) is 4.67. The SMILES string of the molecule is CCn1c(CC(=O)Nc2cccc(C)c2)nnc1SCC(=O)Nc1ccc(N2CCOCC2)cc1. The highest BCUT2D eigenvalue weighted by atomic mass is 32.2. The Kier molecular flexibility index (Phi) is 8.38. The molecule has 1 aromatic heterocycles. The molecule has 35 heavy (non-hydrogen) atoms. The summed E-state index contributed by atoms with van der Waals surface area (Å²) in [4.78, 5) is 27.3. The molecule has 0 bridgehead atoms. The molecule has 0 unspecified atom stereocenters. The lowest BCUT2D eigenvalue weighted by atomic mass is 10.2. The molecule has 1 aliphatic rings. The highest BCUT2D eigenvalue weighted by molar-refractivity contribution is 7.99. The number of nitrogens with one attached hydrogen (secondary N) is 2. The fourth-order valence-electron chi connectivity index (χ4n) is 3.85. The third-order valence-electron chi connectivity index (χ3n) is 5.59. The van der Waals surface area contributed by atoms with Crippen LogP contribution in [0.1, 0.15) is 18.3 Å². The van der Waals surface area contributed by atoms with E-state index in [2.05, 4.69) is 25.7 Å². The molecule has 1 saturated heterocycles. The molecule has 0 spiro atoms. The predicted molar refractivity (Wildman–Crippen MR) is 138 cm³/mol. The van der Waals surface area contributed by atoms with Crippen molar-refractivity contribution < 1.29 is 14.3 Å². The summed E-state index contributed by atoms with van der Waals surface area (Å²) in [5.74, 6) is 0.476. The van der Waals surface area contributed by atoms with Crippen LogP contribution < -0.4 is 15.5 Å². The van der Waals surface area contributed by atoms with Gasteiger partial charge >= 0.3 is 0 Å². The molecule has 3 aromatic rings. The van der Waals surface area contributed by atoms with Gasteiger partial charge in [0.05, 0.1) is 25.4 Å². The van der Waals surface area contributed by atoms with Crippen LogP contribution in [0.15, 0.2) is 53.7 Å². The van der Waals surface area contributed by atoms with E-state index in [1.54, 1.807) is 0 Å². The molecule has 10 heteroatoms. The molecular formula is C25H30N6O3S. The van der Waals surface area contributed by atoms with Gasteiger partial charge in [-0.25, -0.2) is 0 Å². The molecule has 0 radical (unpaired) electrons. The lowest BCUT2D eigenvalue weighted by molar-refractivity contribution is -0.116. The summed E-state index contributed by atoms with van der Waals surface area (Å²) in [6.45, 7) is 7.75. The summed E-state index contributed by atoms with van der Waals surface area (Å²) in [7, 11) is 0. The molecule has 1 aliphatic heterocycles. The minimum absolute atomic E-state index is 0.108. The topological polar surface area (TPSA) is 101 Å². The lowest BCUT2D eigenvalue weighted by Crippen LogP contribution is -2.36. The maximum atomic E-state index is 12.5. The molecule has 0 atom stereocenters. The third-order valence-corrected chi connectivity index (χ3v) is 6.56. The summed E-state index contributed by atoms with van der Waals surface area (Å²) in [6, 6.07) is 15.5. The lowest BCUT2D eigenvalue weighted by Gasteiger charge is -2.28. The van der Waals surface area contributed by atoms with Gasteiger partial charge in [0.1, 0.15) is 5.82 Å². The van der Waals surface area contributed by atoms with Crippen LogP contribution in [-0.4, -0.2) is 58.6 Å². The first-order valence-electron chi connectivity index (χ1n) is 11.7. The number of nitrogens with zero attached hydrogens (tertiary/aromatic N) is 4. The molecule has 184 valence electrons. The van der Waals surface area contributed by atoms with E-state index in [1.165, 1.54) is 11.8 Å². The number of ether oxygens (including phenoxy) is 1. The largest absolute Gasteiger partial charge is 0.378 e. The van der Waals surface area contributed by atoms with Gasteiger partial charge < -0.3 is 24.8 Å². The highest BCUT2D eigenvalue weighted by Crippen LogP contribution is 2.21. The van der Waals surface area contributed by atoms with Gasteiger partial charge in [-0.15, -0.1) is 10.2 Å². The van der Waals surface area contributed by atoms with Crippen molar-refractivity contribution in [3.8, 4) is 0 Å². The Labute approximate surface area is 209 Å². The summed E-state index contributed by atoms with van der Waals surface area (Å²) < 4.78 is 7.26. The van der Waals surface area contributed by atoms with E-state index < -0.39 is 0 Å². The van der Waals surface area contributed by atoms with E-state index in [9.17, 15) is 9.59 Å². The first kappa shape index (κ1) is 24.7. The van der Waals surface area contributed by atoms with Crippen LogP contribution in [0.2, 0.25) is 0 Å². The second-order valence-corrected chi connectivity index (χ2v) is 9.16. The average Bonchev–Trinajstić information content (AvgIpc) is 3.25. The van der Waals surface area contributed by atoms with E-state index in [0.717, 1.165) is 48.9 Å². The molecule has 1 fully saturated rings. The van der Waals surface area contributed by atoms with Crippen molar-refractivity contribution in [2.45, 2.75) is 32.0 Å². The van der Waals surface area contributed by atoms with E-state index in [4.69, 9.17) is 4.74 Å². The summed E-state index contributed by atoms with van der Waals surface area (Å²) in [5.41, 5.74) is 3.69. The zero-order valence-electron chi connectivity index (χ0n) is 20.0. The average molecular weight is 495 g/mol. The number of aryl methyl sites for hydroxylation is 1. The van der Waals surface area contributed by atoms with Crippen LogP contribution in [0.3, 0.4) is 0 Å². The predicted octanol–water partition coefficient (Wildman–Crippen LogP) is 3.36. The standard InChI is InChI=1S/C25H30N6O3S/c1-3-31-22(16-23(32)27-20-6-4-5-18(2)15-20)28-29-25(31)35-17-24(33)26-19-7-9-21(10-8-19)30-11-13-34-14-12-30/h4-10,15H,3,11-14,16-17H2,1-2H3,(H,26,33)(H,27,32). The number of carbonyl (C=O) groups is 2. The van der Waals surface area contributed by atoms with Gasteiger partial charge in [0, 0.05) is 36.7 Å². The second-order valence-electron chi connectivity index (χ2n) is 8.22. The summed E-state index contributed by atoms with van der Waals surface area (Å²) in [6.07, 6.45) is 0.108. The van der Waals surface area contributed by atoms with Crippen molar-refractivity contribution in [2.75, 3.05) is 47.6 Å². The van der Waals surface area contributed by atoms with Crippen molar-refractivity contribution in [1.82, 2.24) is 14.8 Å². The summed E-state index contributed by atoms with van der Waals surface area (Å²) >= 11 is 1.30. The van der Waals surface area contributed by atoms with Crippen molar-refractivity contribution >= 4 is 40.6 Å². The molecule has 0 aliphatic carbocycles. The Balaban J connectivity index is 1.29. The number of hydrogen-bond donors (Lipinski definition) is 2. The highest BCUT2D eigenvalue weighted by Gasteiger charge is 2.16. The Morgan fingerprint density at radius 2 is 1.74 bits per heavy atom. The van der Waals surface area contributed by atoms with Gasteiger partial charge in [-0.05, 0) is 55.8 Å². The van der Waals surface area contributed by atoms with E-state index in [1.807, 2.05) is 66.9 Å². The number of benzene rings is 2. The number of thioether (sulfide) groups is 1. The van der Waals surface area contributed by atoms with Crippen molar-refractivity contribution in [3.63, 3.8) is 0 Å². The number of hydrogen-bond acceptors (Lipinski definition) is 7. The molecule has 2 heterocycles. The number of amides is 2. The minimum atomic E-state index is -0.160. The van der Waals surface area contributed by atoms with Gasteiger partial charge in [0.15, 0.2) is 5.16 Å². The Morgan fingerprint density at radius 1 is 1.00 bits per heavy atom. The number of rotatable bonds is 9. The Morgan fingerprint density at radius 3 is 2.46 bits per heavy atom. The maximum absolute atomic E-state index is 12.5. The first-order chi connectivity index (χ1) is 17.0. The smallest absolute Gasteiger partial charge is 0.234 e. The van der Waals surface area contributed by atoms with Crippen LogP contribution >= 0.6 is 11.8 Å². The van der Waals surface area contributed by atoms with Crippen molar-refractivity contribution in [3.05, 3.63) is 59.9 Å². The van der Waals surface area contributed by atoms with Crippen LogP contribution in [-0.2, 0) is 27.3 Å². The fraction of sp³-hybridized carbons (Fsp3) is 0.360. The quantitative estimate of drug-likeness (QED) is 0.440. The molecule has 4 rings (SSSR count). The van der Waals surface area contributed by atoms with E-state index >= 15 is 0 Å². The van der Waals surface area contributed by atoms with Crippen molar-refractivity contribution in [1.29, 1.82) is 0 Å². The summed E-state index contributed by atoms with van der Waals surface area (Å²) in [5, 5.41) is 14.8. The Hall–Kier alpha value is -3.37. The maximum Gasteiger partial charge on any atom is 0.234 e. The second kappa shape index (κ2) is 11.9. The molecule has 9 nitrogen and oxygen atoms in total. The zero-order valence-corrected chi connectivity index (χ0v) is 20.8. The van der Waals surface area contributed by atoms with Gasteiger partial charge in [0.2, 0.25) is 11.8 Å². The first-order valence-corrected chi connectivity index (χ1v) is 12.6. The molecular weight excluding hydrogens is 464 g/mol. The molecule has 2 N–H and O–H groups in total. The minimum Gasteiger partial charge on any atom is -0.378 e. The van der Waals surface area contributed by atoms with Crippen molar-refractivity contribution in [2.24, 2.45) is 0 Å². The monoisotopic (exact) mass is 494 g/mol. The van der Waals surface area contributed by atoms with Gasteiger partial charge in [0.25, 0.3) is 0 Å². The molecule has 2 aromatic carbocycles. The number of morpholine rings is 1. The van der Waals surface area contributed by atoms with Crippen LogP contribution in [0, 0.1) is 6.92 Å². The number of carbonyl (C=O) groups excluding carboxylic acids is 2.